The zero-order valence-electron chi connectivity index (χ0n) is 11.2. The third-order valence-electron chi connectivity index (χ3n) is 3.46. The molecule has 0 saturated carbocycles. The van der Waals surface area contributed by atoms with Gasteiger partial charge in [0.2, 0.25) is 0 Å². The molecule has 0 aliphatic carbocycles. The van der Waals surface area contributed by atoms with Crippen LogP contribution in [0.5, 0.6) is 5.75 Å². The zero-order chi connectivity index (χ0) is 14.7. The summed E-state index contributed by atoms with van der Waals surface area (Å²) in [4.78, 5) is 12.2. The summed E-state index contributed by atoms with van der Waals surface area (Å²) in [6.45, 7) is 0.915. The maximum Gasteiger partial charge on any atom is 0.407 e. The highest BCUT2D eigenvalue weighted by Crippen LogP contribution is 2.29. The predicted octanol–water partition coefficient (Wildman–Crippen LogP) is 1.97. The van der Waals surface area contributed by atoms with Crippen molar-refractivity contribution in [2.45, 2.75) is 18.9 Å². The van der Waals surface area contributed by atoms with E-state index in [1.54, 1.807) is 6.07 Å². The van der Waals surface area contributed by atoms with Crippen molar-refractivity contribution >= 4 is 17.5 Å². The normalized spacial score (nSPS) is 16.0. The lowest BCUT2D eigenvalue weighted by atomic mass is 10.0. The number of methoxy groups -OCH3 is 1. The van der Waals surface area contributed by atoms with Gasteiger partial charge in [0.1, 0.15) is 5.75 Å². The molecule has 0 radical (unpaired) electrons. The van der Waals surface area contributed by atoms with Gasteiger partial charge in [-0.15, -0.1) is 0 Å². The number of benzene rings is 1. The van der Waals surface area contributed by atoms with Crippen LogP contribution in [0.2, 0.25) is 0 Å². The highest BCUT2D eigenvalue weighted by Gasteiger charge is 2.23. The van der Waals surface area contributed by atoms with Crippen molar-refractivity contribution in [2.24, 2.45) is 0 Å². The summed E-state index contributed by atoms with van der Waals surface area (Å²) in [6.07, 6.45) is 0.408. The second kappa shape index (κ2) is 5.85. The van der Waals surface area contributed by atoms with Gasteiger partial charge in [-0.3, -0.25) is 0 Å². The number of anilines is 2. The smallest absolute Gasteiger partial charge is 0.407 e. The van der Waals surface area contributed by atoms with E-state index in [1.807, 2.05) is 0 Å². The molecule has 2 rings (SSSR count). The third-order valence-corrected chi connectivity index (χ3v) is 3.46. The number of piperidine rings is 1. The summed E-state index contributed by atoms with van der Waals surface area (Å²) in [6, 6.07) is 2.94. The Morgan fingerprint density at radius 1 is 1.50 bits per heavy atom. The molecule has 0 aromatic heterocycles. The van der Waals surface area contributed by atoms with E-state index >= 15 is 0 Å². The number of carboxylic acid groups (broad SMARTS) is 1. The molecule has 6 nitrogen and oxygen atoms in total. The van der Waals surface area contributed by atoms with Crippen molar-refractivity contribution in [1.29, 1.82) is 0 Å². The molecule has 1 aromatic carbocycles. The molecule has 1 saturated heterocycles. The van der Waals surface area contributed by atoms with Crippen molar-refractivity contribution in [3.63, 3.8) is 0 Å². The molecular formula is C13H18FN3O3. The molecule has 0 unspecified atom stereocenters. The van der Waals surface area contributed by atoms with Crippen molar-refractivity contribution < 1.29 is 19.0 Å². The van der Waals surface area contributed by atoms with Crippen LogP contribution in [-0.2, 0) is 0 Å². The van der Waals surface area contributed by atoms with Crippen LogP contribution < -0.4 is 15.8 Å². The summed E-state index contributed by atoms with van der Waals surface area (Å²) in [5.41, 5.74) is 6.23. The van der Waals surface area contributed by atoms with E-state index in [4.69, 9.17) is 15.6 Å². The molecule has 0 spiro atoms. The van der Waals surface area contributed by atoms with Crippen molar-refractivity contribution in [1.82, 2.24) is 4.90 Å². The van der Waals surface area contributed by atoms with E-state index < -0.39 is 11.9 Å². The Morgan fingerprint density at radius 3 is 2.70 bits per heavy atom. The van der Waals surface area contributed by atoms with Gasteiger partial charge in [-0.1, -0.05) is 0 Å². The van der Waals surface area contributed by atoms with Crippen LogP contribution in [0.25, 0.3) is 0 Å². The number of hydrogen-bond acceptors (Lipinski definition) is 4. The van der Waals surface area contributed by atoms with Crippen LogP contribution in [0.15, 0.2) is 12.1 Å². The van der Waals surface area contributed by atoms with Crippen molar-refractivity contribution in [3.05, 3.63) is 17.9 Å². The Bertz CT molecular complexity index is 502. The Labute approximate surface area is 116 Å². The number of hydrogen-bond donors (Lipinski definition) is 3. The van der Waals surface area contributed by atoms with Gasteiger partial charge in [0.25, 0.3) is 0 Å². The second-order valence-electron chi connectivity index (χ2n) is 4.76. The molecule has 110 valence electrons. The molecule has 0 bridgehead atoms. The van der Waals surface area contributed by atoms with Gasteiger partial charge in [-0.05, 0) is 12.8 Å². The number of amides is 1. The number of halogens is 1. The Kier molecular flexibility index (Phi) is 4.16. The van der Waals surface area contributed by atoms with E-state index in [0.717, 1.165) is 0 Å². The van der Waals surface area contributed by atoms with Gasteiger partial charge >= 0.3 is 6.09 Å². The summed E-state index contributed by atoms with van der Waals surface area (Å²) in [5.74, 6) is -0.142. The second-order valence-corrected chi connectivity index (χ2v) is 4.76. The topological polar surface area (TPSA) is 87.8 Å². The van der Waals surface area contributed by atoms with Crippen LogP contribution in [-0.4, -0.2) is 42.3 Å². The average molecular weight is 283 g/mol. The minimum absolute atomic E-state index is 0.0477. The number of likely N-dealkylation sites (tertiary alicyclic amines) is 1. The highest BCUT2D eigenvalue weighted by atomic mass is 19.1. The van der Waals surface area contributed by atoms with E-state index in [1.165, 1.54) is 18.1 Å². The maximum absolute atomic E-state index is 13.6. The standard InChI is InChI=1S/C13H18FN3O3/c1-20-9-6-10(14)12(15)11(7-9)16-8-2-4-17(5-3-8)13(18)19/h6-8,16H,2-5,15H2,1H3,(H,18,19). The summed E-state index contributed by atoms with van der Waals surface area (Å²) in [7, 11) is 1.46. The minimum atomic E-state index is -0.907. The first kappa shape index (κ1) is 14.2. The van der Waals surface area contributed by atoms with E-state index in [-0.39, 0.29) is 11.7 Å². The third kappa shape index (κ3) is 3.04. The molecule has 4 N–H and O–H groups in total. The molecule has 1 aromatic rings. The quantitative estimate of drug-likeness (QED) is 0.738. The number of nitrogens with zero attached hydrogens (tertiary/aromatic N) is 1. The van der Waals surface area contributed by atoms with E-state index in [2.05, 4.69) is 5.32 Å². The van der Waals surface area contributed by atoms with Gasteiger partial charge in [-0.25, -0.2) is 9.18 Å². The number of nitrogens with two attached hydrogens (primary N) is 1. The predicted molar refractivity (Wildman–Crippen MR) is 73.6 cm³/mol. The molecule has 1 amide bonds. The first-order chi connectivity index (χ1) is 9.51. The number of nitrogen functional groups attached to an aromatic ring is 1. The maximum atomic E-state index is 13.6. The summed E-state index contributed by atoms with van der Waals surface area (Å²) in [5, 5.41) is 12.0. The van der Waals surface area contributed by atoms with Crippen LogP contribution in [0.1, 0.15) is 12.8 Å². The SMILES string of the molecule is COc1cc(F)c(N)c(NC2CCN(C(=O)O)CC2)c1. The number of rotatable bonds is 3. The van der Waals surface area contributed by atoms with E-state index in [0.29, 0.717) is 37.4 Å². The lowest BCUT2D eigenvalue weighted by Gasteiger charge is -2.31. The molecule has 1 fully saturated rings. The largest absolute Gasteiger partial charge is 0.497 e. The van der Waals surface area contributed by atoms with Gasteiger partial charge in [0.15, 0.2) is 5.82 Å². The molecule has 1 aliphatic heterocycles. The van der Waals surface area contributed by atoms with Crippen LogP contribution in [0.3, 0.4) is 0 Å². The molecule has 1 aliphatic rings. The molecule has 7 heteroatoms. The first-order valence-corrected chi connectivity index (χ1v) is 6.38. The highest BCUT2D eigenvalue weighted by molar-refractivity contribution is 5.69. The van der Waals surface area contributed by atoms with Crippen molar-refractivity contribution in [3.8, 4) is 5.75 Å². The first-order valence-electron chi connectivity index (χ1n) is 6.38. The van der Waals surface area contributed by atoms with Crippen LogP contribution >= 0.6 is 0 Å². The molecule has 1 heterocycles. The Hall–Kier alpha value is -2.18. The number of carbonyl (C=O) groups is 1. The molecule has 20 heavy (non-hydrogen) atoms. The fourth-order valence-electron chi connectivity index (χ4n) is 2.27. The fourth-order valence-corrected chi connectivity index (χ4v) is 2.27. The summed E-state index contributed by atoms with van der Waals surface area (Å²) >= 11 is 0. The van der Waals surface area contributed by atoms with Gasteiger partial charge in [-0.2, -0.15) is 0 Å². The van der Waals surface area contributed by atoms with Crippen LogP contribution in [0, 0.1) is 5.82 Å². The number of nitrogens with one attached hydrogen (secondary N) is 1. The lowest BCUT2D eigenvalue weighted by Crippen LogP contribution is -2.41. The monoisotopic (exact) mass is 283 g/mol. The molecular weight excluding hydrogens is 265 g/mol. The minimum Gasteiger partial charge on any atom is -0.497 e. The summed E-state index contributed by atoms with van der Waals surface area (Å²) < 4.78 is 18.6. The van der Waals surface area contributed by atoms with Gasteiger partial charge in [0, 0.05) is 31.3 Å². The Morgan fingerprint density at radius 2 is 2.15 bits per heavy atom. The molecule has 0 atom stereocenters. The Balaban J connectivity index is 2.04. The van der Waals surface area contributed by atoms with Crippen LogP contribution in [0.4, 0.5) is 20.6 Å². The average Bonchev–Trinajstić information content (AvgIpc) is 2.44. The van der Waals surface area contributed by atoms with Crippen molar-refractivity contribution in [2.75, 3.05) is 31.2 Å². The number of ether oxygens (including phenoxy) is 1. The lowest BCUT2D eigenvalue weighted by molar-refractivity contribution is 0.134. The van der Waals surface area contributed by atoms with Gasteiger partial charge < -0.3 is 25.8 Å². The van der Waals surface area contributed by atoms with E-state index in [9.17, 15) is 9.18 Å². The van der Waals surface area contributed by atoms with Gasteiger partial charge in [0.05, 0.1) is 18.5 Å². The fraction of sp³-hybridized carbons (Fsp3) is 0.462. The zero-order valence-corrected chi connectivity index (χ0v) is 11.2.